The molecular formula is C18H18N2OS2. The van der Waals surface area contributed by atoms with E-state index in [0.717, 1.165) is 28.7 Å². The van der Waals surface area contributed by atoms with Crippen molar-refractivity contribution in [3.63, 3.8) is 0 Å². The van der Waals surface area contributed by atoms with E-state index in [1.165, 1.54) is 35.3 Å². The largest absolute Gasteiger partial charge is 0.323 e. The predicted molar refractivity (Wildman–Crippen MR) is 98.6 cm³/mol. The van der Waals surface area contributed by atoms with Crippen LogP contribution in [-0.2, 0) is 12.8 Å². The van der Waals surface area contributed by atoms with Gasteiger partial charge in [-0.05, 0) is 62.5 Å². The second kappa shape index (κ2) is 5.73. The van der Waals surface area contributed by atoms with Gasteiger partial charge < -0.3 is 4.98 Å². The van der Waals surface area contributed by atoms with Gasteiger partial charge in [0.05, 0.1) is 11.1 Å². The number of nitrogens with one attached hydrogen (secondary N) is 1. The topological polar surface area (TPSA) is 37.8 Å². The standard InChI is InChI=1S/C18H18N2OS2/c1-11-7-9-12(10-8-11)20-17(21)15-13-5-3-2-4-6-14(13)23-16(15)19-18(20)22/h7-10H,2-6H2,1H3,(H,19,22). The highest BCUT2D eigenvalue weighted by molar-refractivity contribution is 7.71. The highest BCUT2D eigenvalue weighted by Gasteiger charge is 2.19. The Hall–Kier alpha value is -1.72. The second-order valence-electron chi connectivity index (χ2n) is 6.17. The Morgan fingerprint density at radius 2 is 1.87 bits per heavy atom. The van der Waals surface area contributed by atoms with Crippen LogP contribution >= 0.6 is 23.6 Å². The van der Waals surface area contributed by atoms with Gasteiger partial charge in [0.15, 0.2) is 4.77 Å². The van der Waals surface area contributed by atoms with Crippen LogP contribution in [0.25, 0.3) is 15.9 Å². The molecule has 3 nitrogen and oxygen atoms in total. The summed E-state index contributed by atoms with van der Waals surface area (Å²) in [4.78, 5) is 18.8. The monoisotopic (exact) mass is 342 g/mol. The number of benzene rings is 1. The van der Waals surface area contributed by atoms with Crippen LogP contribution in [0.1, 0.15) is 35.3 Å². The Kier molecular flexibility index (Phi) is 3.70. The van der Waals surface area contributed by atoms with Crippen molar-refractivity contribution in [3.05, 3.63) is 55.4 Å². The molecule has 4 rings (SSSR count). The first-order valence-electron chi connectivity index (χ1n) is 8.02. The fraction of sp³-hybridized carbons (Fsp3) is 0.333. The molecule has 0 atom stereocenters. The van der Waals surface area contributed by atoms with Crippen molar-refractivity contribution in [3.8, 4) is 5.69 Å². The Bertz CT molecular complexity index is 993. The fourth-order valence-electron chi connectivity index (χ4n) is 3.34. The van der Waals surface area contributed by atoms with Gasteiger partial charge in [-0.1, -0.05) is 24.1 Å². The molecule has 0 radical (unpaired) electrons. The first kappa shape index (κ1) is 14.8. The minimum Gasteiger partial charge on any atom is -0.323 e. The van der Waals surface area contributed by atoms with Crippen LogP contribution < -0.4 is 5.56 Å². The van der Waals surface area contributed by atoms with E-state index in [9.17, 15) is 4.79 Å². The highest BCUT2D eigenvalue weighted by atomic mass is 32.1. The number of thiophene rings is 1. The van der Waals surface area contributed by atoms with Crippen molar-refractivity contribution >= 4 is 33.8 Å². The molecule has 0 aliphatic heterocycles. The predicted octanol–water partition coefficient (Wildman–Crippen LogP) is 4.69. The van der Waals surface area contributed by atoms with Gasteiger partial charge in [0, 0.05) is 4.88 Å². The zero-order valence-electron chi connectivity index (χ0n) is 13.0. The Morgan fingerprint density at radius 1 is 1.13 bits per heavy atom. The van der Waals surface area contributed by atoms with Crippen LogP contribution in [0.4, 0.5) is 0 Å². The molecule has 2 heterocycles. The van der Waals surface area contributed by atoms with Crippen LogP contribution in [-0.4, -0.2) is 9.55 Å². The highest BCUT2D eigenvalue weighted by Crippen LogP contribution is 2.33. The van der Waals surface area contributed by atoms with Crippen LogP contribution in [0.5, 0.6) is 0 Å². The molecule has 23 heavy (non-hydrogen) atoms. The lowest BCUT2D eigenvalue weighted by Gasteiger charge is -2.07. The number of aromatic amines is 1. The van der Waals surface area contributed by atoms with Gasteiger partial charge in [0.2, 0.25) is 0 Å². The Labute approximate surface area is 143 Å². The van der Waals surface area contributed by atoms with Gasteiger partial charge in [-0.2, -0.15) is 0 Å². The Morgan fingerprint density at radius 3 is 2.65 bits per heavy atom. The molecule has 1 aliphatic carbocycles. The van der Waals surface area contributed by atoms with Crippen molar-refractivity contribution in [1.82, 2.24) is 9.55 Å². The van der Waals surface area contributed by atoms with Crippen LogP contribution in [0.3, 0.4) is 0 Å². The number of nitrogens with zero attached hydrogens (tertiary/aromatic N) is 1. The number of hydrogen-bond acceptors (Lipinski definition) is 3. The maximum absolute atomic E-state index is 13.2. The number of hydrogen-bond donors (Lipinski definition) is 1. The zero-order chi connectivity index (χ0) is 16.0. The van der Waals surface area contributed by atoms with Crippen molar-refractivity contribution in [2.24, 2.45) is 0 Å². The molecule has 2 aromatic heterocycles. The molecule has 0 saturated heterocycles. The maximum Gasteiger partial charge on any atom is 0.267 e. The summed E-state index contributed by atoms with van der Waals surface area (Å²) in [6.45, 7) is 2.04. The summed E-state index contributed by atoms with van der Waals surface area (Å²) >= 11 is 7.18. The van der Waals surface area contributed by atoms with E-state index in [1.54, 1.807) is 15.9 Å². The molecule has 1 aliphatic rings. The second-order valence-corrected chi connectivity index (χ2v) is 7.67. The number of H-pyrrole nitrogens is 1. The Balaban J connectivity index is 2.03. The summed E-state index contributed by atoms with van der Waals surface area (Å²) in [6, 6.07) is 7.93. The van der Waals surface area contributed by atoms with Gasteiger partial charge in [-0.25, -0.2) is 0 Å². The van der Waals surface area contributed by atoms with E-state index >= 15 is 0 Å². The van der Waals surface area contributed by atoms with Gasteiger partial charge in [0.25, 0.3) is 5.56 Å². The normalized spacial score (nSPS) is 14.7. The third-order valence-corrected chi connectivity index (χ3v) is 6.05. The zero-order valence-corrected chi connectivity index (χ0v) is 14.6. The molecule has 0 saturated carbocycles. The summed E-state index contributed by atoms with van der Waals surface area (Å²) < 4.78 is 2.11. The molecular weight excluding hydrogens is 324 g/mol. The van der Waals surface area contributed by atoms with E-state index < -0.39 is 0 Å². The van der Waals surface area contributed by atoms with Crippen molar-refractivity contribution in [2.75, 3.05) is 0 Å². The average molecular weight is 342 g/mol. The summed E-state index contributed by atoms with van der Waals surface area (Å²) in [5, 5.41) is 0.848. The number of aryl methyl sites for hydroxylation is 3. The lowest BCUT2D eigenvalue weighted by atomic mass is 10.1. The molecule has 0 bridgehead atoms. The smallest absolute Gasteiger partial charge is 0.267 e. The van der Waals surface area contributed by atoms with Gasteiger partial charge >= 0.3 is 0 Å². The fourth-order valence-corrected chi connectivity index (χ4v) is 4.98. The number of aromatic nitrogens is 2. The third-order valence-electron chi connectivity index (χ3n) is 4.55. The van der Waals surface area contributed by atoms with Gasteiger partial charge in [-0.3, -0.25) is 9.36 Å². The molecule has 5 heteroatoms. The first-order chi connectivity index (χ1) is 11.1. The lowest BCUT2D eigenvalue weighted by Crippen LogP contribution is -2.20. The molecule has 3 aromatic rings. The molecule has 0 spiro atoms. The average Bonchev–Trinajstić information content (AvgIpc) is 2.71. The number of rotatable bonds is 1. The summed E-state index contributed by atoms with van der Waals surface area (Å²) in [5.41, 5.74) is 3.27. The number of fused-ring (bicyclic) bond motifs is 3. The summed E-state index contributed by atoms with van der Waals surface area (Å²) in [6.07, 6.45) is 5.71. The van der Waals surface area contributed by atoms with Crippen LogP contribution in [0.2, 0.25) is 0 Å². The molecule has 1 N–H and O–H groups in total. The van der Waals surface area contributed by atoms with Crippen LogP contribution in [0.15, 0.2) is 29.1 Å². The quantitative estimate of drug-likeness (QED) is 0.515. The summed E-state index contributed by atoms with van der Waals surface area (Å²) in [5.74, 6) is 0. The van der Waals surface area contributed by atoms with Crippen molar-refractivity contribution < 1.29 is 0 Å². The molecule has 0 unspecified atom stereocenters. The molecule has 0 fully saturated rings. The van der Waals surface area contributed by atoms with Crippen LogP contribution in [0, 0.1) is 11.7 Å². The lowest BCUT2D eigenvalue weighted by molar-refractivity contribution is 0.713. The molecule has 0 amide bonds. The minimum atomic E-state index is 0.0204. The van der Waals surface area contributed by atoms with Gasteiger partial charge in [0.1, 0.15) is 4.83 Å². The maximum atomic E-state index is 13.2. The third kappa shape index (κ3) is 2.48. The van der Waals surface area contributed by atoms with E-state index in [4.69, 9.17) is 12.2 Å². The summed E-state index contributed by atoms with van der Waals surface area (Å²) in [7, 11) is 0. The minimum absolute atomic E-state index is 0.0204. The van der Waals surface area contributed by atoms with Crippen molar-refractivity contribution in [1.29, 1.82) is 0 Å². The van der Waals surface area contributed by atoms with Crippen molar-refractivity contribution in [2.45, 2.75) is 39.0 Å². The molecule has 1 aromatic carbocycles. The van der Waals surface area contributed by atoms with E-state index in [2.05, 4.69) is 4.98 Å². The first-order valence-corrected chi connectivity index (χ1v) is 9.24. The van der Waals surface area contributed by atoms with Gasteiger partial charge in [-0.15, -0.1) is 11.3 Å². The molecule has 118 valence electrons. The SMILES string of the molecule is Cc1ccc(-n2c(=S)[nH]c3sc4c(c3c2=O)CCCCC4)cc1. The van der Waals surface area contributed by atoms with E-state index in [0.29, 0.717) is 4.77 Å². The van der Waals surface area contributed by atoms with E-state index in [1.807, 2.05) is 31.2 Å². The van der Waals surface area contributed by atoms with E-state index in [-0.39, 0.29) is 5.56 Å².